The quantitative estimate of drug-likeness (QED) is 0.739. The van der Waals surface area contributed by atoms with E-state index in [1.165, 1.54) is 16.3 Å². The molecule has 2 heterocycles. The van der Waals surface area contributed by atoms with Gasteiger partial charge in [0, 0.05) is 0 Å². The summed E-state index contributed by atoms with van der Waals surface area (Å²) in [6, 6.07) is 14.9. The second-order valence-electron chi connectivity index (χ2n) is 4.57. The number of rotatable bonds is 1. The number of ether oxygens (including phenoxy) is 2. The van der Waals surface area contributed by atoms with Crippen LogP contribution in [0.5, 0.6) is 0 Å². The predicted molar refractivity (Wildman–Crippen MR) is 65.3 cm³/mol. The van der Waals surface area contributed by atoms with Crippen LogP contribution in [-0.4, -0.2) is 6.29 Å². The molecular formula is C15H12O2. The van der Waals surface area contributed by atoms with Gasteiger partial charge in [0.15, 0.2) is 0 Å². The summed E-state index contributed by atoms with van der Waals surface area (Å²) in [5, 5.41) is 2.53. The van der Waals surface area contributed by atoms with Crippen LogP contribution >= 0.6 is 0 Å². The lowest BCUT2D eigenvalue weighted by Gasteiger charge is -2.38. The van der Waals surface area contributed by atoms with Gasteiger partial charge in [0.05, 0.1) is 18.3 Å². The third-order valence-corrected chi connectivity index (χ3v) is 3.56. The van der Waals surface area contributed by atoms with Gasteiger partial charge in [-0.2, -0.15) is 0 Å². The standard InChI is InChI=1S/C15H12O2/c1-2-4-11-9-12(6-5-10(11)3-1)14-13-7-8-16-15(13)17-14/h1-9,13-15H. The van der Waals surface area contributed by atoms with Crippen LogP contribution in [0.15, 0.2) is 54.8 Å². The average molecular weight is 224 g/mol. The summed E-state index contributed by atoms with van der Waals surface area (Å²) in [5.74, 6) is 0.385. The van der Waals surface area contributed by atoms with Crippen LogP contribution in [0.25, 0.3) is 10.8 Å². The molecule has 2 aliphatic heterocycles. The molecule has 0 spiro atoms. The first-order valence-electron chi connectivity index (χ1n) is 5.88. The summed E-state index contributed by atoms with van der Waals surface area (Å²) in [5.41, 5.74) is 1.24. The van der Waals surface area contributed by atoms with E-state index in [1.807, 2.05) is 0 Å². The number of hydrogen-bond acceptors (Lipinski definition) is 2. The van der Waals surface area contributed by atoms with Crippen molar-refractivity contribution in [2.24, 2.45) is 5.92 Å². The van der Waals surface area contributed by atoms with Crippen molar-refractivity contribution in [3.05, 3.63) is 60.4 Å². The third kappa shape index (κ3) is 1.31. The minimum Gasteiger partial charge on any atom is -0.472 e. The molecule has 0 bridgehead atoms. The molecule has 1 fully saturated rings. The lowest BCUT2D eigenvalue weighted by atomic mass is 9.90. The summed E-state index contributed by atoms with van der Waals surface area (Å²) in [6.07, 6.45) is 3.94. The minimum absolute atomic E-state index is 0.0496. The first-order chi connectivity index (χ1) is 8.42. The summed E-state index contributed by atoms with van der Waals surface area (Å²) in [7, 11) is 0. The molecule has 3 unspecified atom stereocenters. The Morgan fingerprint density at radius 3 is 2.71 bits per heavy atom. The molecule has 4 rings (SSSR count). The average Bonchev–Trinajstić information content (AvgIpc) is 2.71. The Bertz CT molecular complexity index is 603. The Kier molecular flexibility index (Phi) is 1.82. The van der Waals surface area contributed by atoms with Crippen molar-refractivity contribution in [1.82, 2.24) is 0 Å². The summed E-state index contributed by atoms with van der Waals surface area (Å²) >= 11 is 0. The first-order valence-corrected chi connectivity index (χ1v) is 5.88. The normalized spacial score (nSPS) is 29.8. The fourth-order valence-corrected chi connectivity index (χ4v) is 2.59. The Balaban J connectivity index is 1.74. The van der Waals surface area contributed by atoms with Gasteiger partial charge in [0.1, 0.15) is 0 Å². The highest BCUT2D eigenvalue weighted by Crippen LogP contribution is 2.45. The van der Waals surface area contributed by atoms with E-state index in [9.17, 15) is 0 Å². The molecule has 2 aromatic rings. The lowest BCUT2D eigenvalue weighted by Crippen LogP contribution is -2.39. The molecule has 3 atom stereocenters. The fraction of sp³-hybridized carbons (Fsp3) is 0.200. The van der Waals surface area contributed by atoms with Gasteiger partial charge >= 0.3 is 0 Å². The van der Waals surface area contributed by atoms with Gasteiger partial charge in [-0.1, -0.05) is 36.4 Å². The molecule has 84 valence electrons. The topological polar surface area (TPSA) is 18.5 Å². The molecule has 2 heteroatoms. The largest absolute Gasteiger partial charge is 0.472 e. The first kappa shape index (κ1) is 9.25. The van der Waals surface area contributed by atoms with Crippen LogP contribution in [0.4, 0.5) is 0 Å². The predicted octanol–water partition coefficient (Wildman–Crippen LogP) is 3.40. The Morgan fingerprint density at radius 2 is 1.82 bits per heavy atom. The van der Waals surface area contributed by atoms with Gasteiger partial charge in [-0.3, -0.25) is 0 Å². The molecule has 2 aliphatic rings. The van der Waals surface area contributed by atoms with Crippen molar-refractivity contribution in [2.75, 3.05) is 0 Å². The zero-order valence-electron chi connectivity index (χ0n) is 9.24. The summed E-state index contributed by atoms with van der Waals surface area (Å²) in [6.45, 7) is 0. The molecule has 2 aromatic carbocycles. The van der Waals surface area contributed by atoms with Crippen molar-refractivity contribution < 1.29 is 9.47 Å². The van der Waals surface area contributed by atoms with E-state index >= 15 is 0 Å². The van der Waals surface area contributed by atoms with Crippen LogP contribution in [0.2, 0.25) is 0 Å². The Morgan fingerprint density at radius 1 is 0.941 bits per heavy atom. The van der Waals surface area contributed by atoms with Gasteiger partial charge in [-0.15, -0.1) is 0 Å². The van der Waals surface area contributed by atoms with Crippen molar-refractivity contribution in [1.29, 1.82) is 0 Å². The van der Waals surface area contributed by atoms with Gasteiger partial charge in [-0.05, 0) is 28.5 Å². The van der Waals surface area contributed by atoms with E-state index in [2.05, 4.69) is 48.5 Å². The molecule has 0 saturated carbocycles. The molecular weight excluding hydrogens is 212 g/mol. The fourth-order valence-electron chi connectivity index (χ4n) is 2.59. The Labute approximate surface area is 99.5 Å². The Hall–Kier alpha value is -1.80. The van der Waals surface area contributed by atoms with Crippen molar-refractivity contribution >= 4 is 10.8 Å². The second-order valence-corrected chi connectivity index (χ2v) is 4.57. The number of hydrogen-bond donors (Lipinski definition) is 0. The lowest BCUT2D eigenvalue weighted by molar-refractivity contribution is -0.257. The van der Waals surface area contributed by atoms with E-state index in [1.54, 1.807) is 6.26 Å². The second kappa shape index (κ2) is 3.34. The molecule has 1 saturated heterocycles. The highest BCUT2D eigenvalue weighted by molar-refractivity contribution is 5.83. The monoisotopic (exact) mass is 224 g/mol. The van der Waals surface area contributed by atoms with Crippen molar-refractivity contribution in [2.45, 2.75) is 12.4 Å². The van der Waals surface area contributed by atoms with Crippen LogP contribution < -0.4 is 0 Å². The van der Waals surface area contributed by atoms with Gasteiger partial charge < -0.3 is 9.47 Å². The highest BCUT2D eigenvalue weighted by atomic mass is 16.7. The molecule has 2 nitrogen and oxygen atoms in total. The van der Waals surface area contributed by atoms with E-state index in [4.69, 9.17) is 9.47 Å². The maximum Gasteiger partial charge on any atom is 0.208 e. The van der Waals surface area contributed by atoms with E-state index in [-0.39, 0.29) is 12.4 Å². The van der Waals surface area contributed by atoms with Crippen LogP contribution in [0, 0.1) is 5.92 Å². The molecule has 0 aliphatic carbocycles. The van der Waals surface area contributed by atoms with Crippen molar-refractivity contribution in [3.63, 3.8) is 0 Å². The molecule has 17 heavy (non-hydrogen) atoms. The summed E-state index contributed by atoms with van der Waals surface area (Å²) in [4.78, 5) is 0. The molecule has 0 amide bonds. The molecule has 0 N–H and O–H groups in total. The number of benzene rings is 2. The SMILES string of the molecule is C1=CC2C(O1)OC2c1ccc2ccccc2c1. The smallest absolute Gasteiger partial charge is 0.208 e. The van der Waals surface area contributed by atoms with Crippen LogP contribution in [0.1, 0.15) is 11.7 Å². The molecule has 0 radical (unpaired) electrons. The van der Waals surface area contributed by atoms with E-state index in [0.29, 0.717) is 5.92 Å². The van der Waals surface area contributed by atoms with E-state index in [0.717, 1.165) is 0 Å². The highest BCUT2D eigenvalue weighted by Gasteiger charge is 2.45. The van der Waals surface area contributed by atoms with Gasteiger partial charge in [0.25, 0.3) is 0 Å². The van der Waals surface area contributed by atoms with Gasteiger partial charge in [0.2, 0.25) is 6.29 Å². The molecule has 0 aromatic heterocycles. The maximum atomic E-state index is 5.71. The van der Waals surface area contributed by atoms with Gasteiger partial charge in [-0.25, -0.2) is 0 Å². The maximum absolute atomic E-state index is 5.71. The zero-order chi connectivity index (χ0) is 11.2. The number of fused-ring (bicyclic) bond motifs is 2. The third-order valence-electron chi connectivity index (χ3n) is 3.56. The minimum atomic E-state index is -0.0496. The zero-order valence-corrected chi connectivity index (χ0v) is 9.24. The van der Waals surface area contributed by atoms with Crippen LogP contribution in [0.3, 0.4) is 0 Å². The summed E-state index contributed by atoms with van der Waals surface area (Å²) < 4.78 is 11.0. The van der Waals surface area contributed by atoms with Crippen LogP contribution in [-0.2, 0) is 9.47 Å². The van der Waals surface area contributed by atoms with Crippen molar-refractivity contribution in [3.8, 4) is 0 Å². The van der Waals surface area contributed by atoms with E-state index < -0.39 is 0 Å².